The van der Waals surface area contributed by atoms with Gasteiger partial charge in [0.2, 0.25) is 5.91 Å². The van der Waals surface area contributed by atoms with Crippen LogP contribution in [0.15, 0.2) is 24.3 Å². The van der Waals surface area contributed by atoms with Crippen molar-refractivity contribution in [3.63, 3.8) is 0 Å². The van der Waals surface area contributed by atoms with Crippen LogP contribution in [0.3, 0.4) is 0 Å². The van der Waals surface area contributed by atoms with Crippen molar-refractivity contribution in [1.29, 1.82) is 0 Å². The predicted octanol–water partition coefficient (Wildman–Crippen LogP) is 2.49. The third-order valence-corrected chi connectivity index (χ3v) is 2.77. The number of amides is 1. The highest BCUT2D eigenvalue weighted by Gasteiger charge is 1.96. The summed E-state index contributed by atoms with van der Waals surface area (Å²) in [5.41, 5.74) is 6.38. The predicted molar refractivity (Wildman–Crippen MR) is 65.9 cm³/mol. The first-order valence-electron chi connectivity index (χ1n) is 4.71. The van der Waals surface area contributed by atoms with E-state index in [1.807, 2.05) is 0 Å². The molecule has 0 saturated carbocycles. The maximum absolute atomic E-state index is 10.5. The zero-order chi connectivity index (χ0) is 10.4. The molecule has 0 atom stereocenters. The second-order valence-corrected chi connectivity index (χ2v) is 4.55. The molecule has 3 heteroatoms. The smallest absolute Gasteiger partial charge is 0.217 e. The average Bonchev–Trinajstić information content (AvgIpc) is 2.15. The van der Waals surface area contributed by atoms with Gasteiger partial charge in [-0.3, -0.25) is 4.79 Å². The molecule has 2 nitrogen and oxygen atoms in total. The SMILES string of the molecule is NC(=O)CCCCc1ccc(I)cc1. The van der Waals surface area contributed by atoms with Crippen LogP contribution in [0.1, 0.15) is 24.8 Å². The number of aryl methyl sites for hydroxylation is 1. The minimum absolute atomic E-state index is 0.201. The largest absolute Gasteiger partial charge is 0.370 e. The van der Waals surface area contributed by atoms with Gasteiger partial charge in [-0.05, 0) is 59.5 Å². The number of halogens is 1. The van der Waals surface area contributed by atoms with Crippen LogP contribution in [0.4, 0.5) is 0 Å². The van der Waals surface area contributed by atoms with Crippen LogP contribution in [0.5, 0.6) is 0 Å². The third kappa shape index (κ3) is 4.60. The van der Waals surface area contributed by atoms with Gasteiger partial charge in [-0.1, -0.05) is 12.1 Å². The molecule has 0 aliphatic rings. The molecule has 1 rings (SSSR count). The van der Waals surface area contributed by atoms with Crippen LogP contribution in [0.25, 0.3) is 0 Å². The molecule has 1 amide bonds. The van der Waals surface area contributed by atoms with E-state index in [-0.39, 0.29) is 5.91 Å². The Morgan fingerprint density at radius 2 is 1.86 bits per heavy atom. The molecule has 0 aliphatic heterocycles. The van der Waals surface area contributed by atoms with Crippen LogP contribution in [0, 0.1) is 3.57 Å². The molecule has 0 unspecified atom stereocenters. The van der Waals surface area contributed by atoms with Crippen LogP contribution in [0.2, 0.25) is 0 Å². The first-order valence-corrected chi connectivity index (χ1v) is 5.79. The van der Waals surface area contributed by atoms with Gasteiger partial charge < -0.3 is 5.73 Å². The van der Waals surface area contributed by atoms with Crippen molar-refractivity contribution in [1.82, 2.24) is 0 Å². The lowest BCUT2D eigenvalue weighted by Gasteiger charge is -2.00. The van der Waals surface area contributed by atoms with Crippen LogP contribution in [-0.2, 0) is 11.2 Å². The van der Waals surface area contributed by atoms with E-state index < -0.39 is 0 Å². The Morgan fingerprint density at radius 3 is 2.43 bits per heavy atom. The molecule has 14 heavy (non-hydrogen) atoms. The number of carbonyl (C=O) groups excluding carboxylic acids is 1. The van der Waals surface area contributed by atoms with Crippen molar-refractivity contribution in [2.75, 3.05) is 0 Å². The van der Waals surface area contributed by atoms with Gasteiger partial charge in [0.1, 0.15) is 0 Å². The summed E-state index contributed by atoms with van der Waals surface area (Å²) < 4.78 is 1.25. The van der Waals surface area contributed by atoms with E-state index in [9.17, 15) is 4.79 Å². The van der Waals surface area contributed by atoms with Gasteiger partial charge in [-0.25, -0.2) is 0 Å². The Bertz CT molecular complexity index is 295. The van der Waals surface area contributed by atoms with Gasteiger partial charge in [0.25, 0.3) is 0 Å². The number of primary amides is 1. The fourth-order valence-electron chi connectivity index (χ4n) is 1.28. The standard InChI is InChI=1S/C11H14INO/c12-10-7-5-9(6-8-10)3-1-2-4-11(13)14/h5-8H,1-4H2,(H2,13,14). The molecule has 1 aromatic carbocycles. The first kappa shape index (κ1) is 11.5. The van der Waals surface area contributed by atoms with Crippen LogP contribution in [-0.4, -0.2) is 5.91 Å². The summed E-state index contributed by atoms with van der Waals surface area (Å²) in [6.45, 7) is 0. The Morgan fingerprint density at radius 1 is 1.21 bits per heavy atom. The number of nitrogens with two attached hydrogens (primary N) is 1. The molecule has 1 aromatic rings. The number of benzene rings is 1. The van der Waals surface area contributed by atoms with Crippen molar-refractivity contribution in [2.45, 2.75) is 25.7 Å². The summed E-state index contributed by atoms with van der Waals surface area (Å²) in [6, 6.07) is 8.46. The van der Waals surface area contributed by atoms with E-state index in [1.54, 1.807) is 0 Å². The first-order chi connectivity index (χ1) is 6.68. The number of carbonyl (C=O) groups is 1. The minimum Gasteiger partial charge on any atom is -0.370 e. The van der Waals surface area contributed by atoms with Gasteiger partial charge >= 0.3 is 0 Å². The average molecular weight is 303 g/mol. The molecular weight excluding hydrogens is 289 g/mol. The van der Waals surface area contributed by atoms with Crippen molar-refractivity contribution in [3.05, 3.63) is 33.4 Å². The quantitative estimate of drug-likeness (QED) is 0.659. The molecule has 2 N–H and O–H groups in total. The number of hydrogen-bond acceptors (Lipinski definition) is 1. The third-order valence-electron chi connectivity index (χ3n) is 2.05. The van der Waals surface area contributed by atoms with Crippen LogP contribution < -0.4 is 5.73 Å². The maximum Gasteiger partial charge on any atom is 0.217 e. The molecule has 0 aromatic heterocycles. The number of hydrogen-bond donors (Lipinski definition) is 1. The van der Waals surface area contributed by atoms with Crippen molar-refractivity contribution >= 4 is 28.5 Å². The molecule has 0 fully saturated rings. The minimum atomic E-state index is -0.201. The van der Waals surface area contributed by atoms with E-state index in [4.69, 9.17) is 5.73 Å². The van der Waals surface area contributed by atoms with Gasteiger partial charge in [-0.15, -0.1) is 0 Å². The van der Waals surface area contributed by atoms with Gasteiger partial charge in [0.05, 0.1) is 0 Å². The maximum atomic E-state index is 10.5. The molecule has 0 spiro atoms. The molecule has 0 radical (unpaired) electrons. The second-order valence-electron chi connectivity index (χ2n) is 3.30. The summed E-state index contributed by atoms with van der Waals surface area (Å²) in [6.07, 6.45) is 3.46. The molecular formula is C11H14INO. The van der Waals surface area contributed by atoms with Crippen molar-refractivity contribution in [3.8, 4) is 0 Å². The highest BCUT2D eigenvalue weighted by molar-refractivity contribution is 14.1. The van der Waals surface area contributed by atoms with E-state index >= 15 is 0 Å². The Balaban J connectivity index is 2.25. The van der Waals surface area contributed by atoms with Crippen molar-refractivity contribution in [2.24, 2.45) is 5.73 Å². The Kier molecular flexibility index (Phi) is 4.93. The van der Waals surface area contributed by atoms with Gasteiger partial charge in [0, 0.05) is 9.99 Å². The molecule has 0 aliphatic carbocycles. The topological polar surface area (TPSA) is 43.1 Å². The summed E-state index contributed by atoms with van der Waals surface area (Å²) in [5, 5.41) is 0. The number of unbranched alkanes of at least 4 members (excludes halogenated alkanes) is 1. The lowest BCUT2D eigenvalue weighted by Crippen LogP contribution is -2.09. The molecule has 0 saturated heterocycles. The highest BCUT2D eigenvalue weighted by atomic mass is 127. The fraction of sp³-hybridized carbons (Fsp3) is 0.364. The lowest BCUT2D eigenvalue weighted by atomic mass is 10.1. The fourth-order valence-corrected chi connectivity index (χ4v) is 1.64. The van der Waals surface area contributed by atoms with Gasteiger partial charge in [-0.2, -0.15) is 0 Å². The summed E-state index contributed by atoms with van der Waals surface area (Å²) in [7, 11) is 0. The van der Waals surface area contributed by atoms with E-state index in [0.717, 1.165) is 19.3 Å². The zero-order valence-electron chi connectivity index (χ0n) is 8.00. The summed E-state index contributed by atoms with van der Waals surface area (Å²) in [4.78, 5) is 10.5. The normalized spacial score (nSPS) is 10.1. The lowest BCUT2D eigenvalue weighted by molar-refractivity contribution is -0.118. The van der Waals surface area contributed by atoms with Crippen molar-refractivity contribution < 1.29 is 4.79 Å². The molecule has 76 valence electrons. The van der Waals surface area contributed by atoms with Gasteiger partial charge in [0.15, 0.2) is 0 Å². The summed E-state index contributed by atoms with van der Waals surface area (Å²) in [5.74, 6) is -0.201. The van der Waals surface area contributed by atoms with E-state index in [2.05, 4.69) is 46.9 Å². The van der Waals surface area contributed by atoms with Crippen LogP contribution >= 0.6 is 22.6 Å². The Hall–Kier alpha value is -0.580. The zero-order valence-corrected chi connectivity index (χ0v) is 10.2. The highest BCUT2D eigenvalue weighted by Crippen LogP contribution is 2.10. The monoisotopic (exact) mass is 303 g/mol. The second kappa shape index (κ2) is 6.01. The molecule has 0 bridgehead atoms. The van der Waals surface area contributed by atoms with E-state index in [0.29, 0.717) is 6.42 Å². The number of rotatable bonds is 5. The summed E-state index contributed by atoms with van der Waals surface area (Å²) >= 11 is 2.29. The van der Waals surface area contributed by atoms with E-state index in [1.165, 1.54) is 9.13 Å². The molecule has 0 heterocycles. The Labute approximate surface area is 98.0 Å².